The lowest BCUT2D eigenvalue weighted by Gasteiger charge is -2.16. The van der Waals surface area contributed by atoms with Crippen LogP contribution in [-0.2, 0) is 16.0 Å². The number of hydrogen-bond acceptors (Lipinski definition) is 8. The number of benzene rings is 2. The fourth-order valence-electron chi connectivity index (χ4n) is 3.26. The van der Waals surface area contributed by atoms with Crippen molar-refractivity contribution in [2.24, 2.45) is 0 Å². The fraction of sp³-hybridized carbons (Fsp3) is 0.130. The molecule has 0 radical (unpaired) electrons. The van der Waals surface area contributed by atoms with E-state index in [0.29, 0.717) is 33.8 Å². The first-order chi connectivity index (χ1) is 15.7. The molecule has 6 N–H and O–H groups in total. The van der Waals surface area contributed by atoms with Crippen molar-refractivity contribution in [1.82, 2.24) is 9.97 Å². The monoisotopic (exact) mass is 450 g/mol. The summed E-state index contributed by atoms with van der Waals surface area (Å²) in [4.78, 5) is 30.9. The predicted octanol–water partition coefficient (Wildman–Crippen LogP) is 2.47. The largest absolute Gasteiger partial charge is 0.497 e. The number of anilines is 2. The van der Waals surface area contributed by atoms with E-state index in [4.69, 9.17) is 20.9 Å². The second-order valence-corrected chi connectivity index (χ2v) is 6.97. The fourth-order valence-corrected chi connectivity index (χ4v) is 3.26. The van der Waals surface area contributed by atoms with Crippen LogP contribution in [0, 0.1) is 0 Å². The molecule has 0 unspecified atom stereocenters. The van der Waals surface area contributed by atoms with Gasteiger partial charge in [-0.1, -0.05) is 12.1 Å². The molecule has 2 aromatic carbocycles. The quantitative estimate of drug-likeness (QED) is 0.227. The van der Waals surface area contributed by atoms with Gasteiger partial charge in [0, 0.05) is 23.7 Å². The molecule has 0 aliphatic rings. The number of aliphatic carboxylic acids is 2. The van der Waals surface area contributed by atoms with Crippen LogP contribution in [0.3, 0.4) is 0 Å². The molecule has 0 aliphatic heterocycles. The second-order valence-electron chi connectivity index (χ2n) is 6.97. The third kappa shape index (κ3) is 5.18. The van der Waals surface area contributed by atoms with Crippen molar-refractivity contribution >= 4 is 29.8 Å². The summed E-state index contributed by atoms with van der Waals surface area (Å²) in [5.41, 5.74) is 13.7. The van der Waals surface area contributed by atoms with Crippen molar-refractivity contribution in [3.8, 4) is 22.6 Å². The molecule has 3 aromatic rings. The number of carbonyl (C=O) groups is 2. The number of nitrogens with two attached hydrogens (primary N) is 2. The van der Waals surface area contributed by atoms with E-state index in [1.807, 2.05) is 18.2 Å². The van der Waals surface area contributed by atoms with Gasteiger partial charge in [-0.25, -0.2) is 14.6 Å². The van der Waals surface area contributed by atoms with Gasteiger partial charge < -0.3 is 31.2 Å². The van der Waals surface area contributed by atoms with Crippen molar-refractivity contribution in [2.45, 2.75) is 6.42 Å². The van der Waals surface area contributed by atoms with Crippen LogP contribution in [0.15, 0.2) is 48.2 Å². The highest BCUT2D eigenvalue weighted by Crippen LogP contribution is 2.36. The Bertz CT molecular complexity index is 1240. The summed E-state index contributed by atoms with van der Waals surface area (Å²) in [6.45, 7) is 0. The molecule has 0 fully saturated rings. The first kappa shape index (κ1) is 23.1. The zero-order valence-electron chi connectivity index (χ0n) is 17.9. The maximum atomic E-state index is 11.5. The highest BCUT2D eigenvalue weighted by Gasteiger charge is 2.19. The molecule has 10 nitrogen and oxygen atoms in total. The number of carboxylic acids is 2. The maximum Gasteiger partial charge on any atom is 0.343 e. The van der Waals surface area contributed by atoms with E-state index in [9.17, 15) is 19.8 Å². The molecule has 0 saturated carbocycles. The summed E-state index contributed by atoms with van der Waals surface area (Å²) in [5, 5.41) is 18.7. The summed E-state index contributed by atoms with van der Waals surface area (Å²) in [5.74, 6) is -1.92. The van der Waals surface area contributed by atoms with Crippen LogP contribution in [0.1, 0.15) is 16.7 Å². The van der Waals surface area contributed by atoms with E-state index in [-0.39, 0.29) is 18.2 Å². The summed E-state index contributed by atoms with van der Waals surface area (Å²) in [6.07, 6.45) is 2.73. The minimum absolute atomic E-state index is 0.0159. The standard InChI is InChI=1S/C23H22N4O6/c1-32-16-5-3-4-12(7-16)17-8-13(6-15-11-26-23(25)27-20(15)24)14(10-19(17)33-2)9-18(21(28)29)22(30)31/h3-5,7-11H,6H2,1-2H3,(H,28,29)(H,30,31)(H4,24,25,26,27). The Morgan fingerprint density at radius 3 is 2.36 bits per heavy atom. The topological polar surface area (TPSA) is 171 Å². The van der Waals surface area contributed by atoms with Gasteiger partial charge in [0.05, 0.1) is 14.2 Å². The third-order valence-electron chi connectivity index (χ3n) is 4.90. The molecule has 1 aromatic heterocycles. The SMILES string of the molecule is COc1cccc(-c2cc(Cc3cnc(N)nc3N)c(C=C(C(=O)O)C(=O)O)cc2OC)c1. The average molecular weight is 450 g/mol. The maximum absolute atomic E-state index is 11.5. The molecule has 1 heterocycles. The van der Waals surface area contributed by atoms with Crippen LogP contribution in [-0.4, -0.2) is 46.3 Å². The first-order valence-electron chi connectivity index (χ1n) is 9.64. The molecule has 3 rings (SSSR count). The first-order valence-corrected chi connectivity index (χ1v) is 9.64. The van der Waals surface area contributed by atoms with Crippen LogP contribution < -0.4 is 20.9 Å². The Morgan fingerprint density at radius 2 is 1.76 bits per heavy atom. The number of ether oxygens (including phenoxy) is 2. The summed E-state index contributed by atoms with van der Waals surface area (Å²) >= 11 is 0. The average Bonchev–Trinajstić information content (AvgIpc) is 2.79. The molecule has 33 heavy (non-hydrogen) atoms. The minimum Gasteiger partial charge on any atom is -0.497 e. The number of rotatable bonds is 8. The number of nitrogen functional groups attached to an aromatic ring is 2. The number of hydrogen-bond donors (Lipinski definition) is 4. The number of aromatic nitrogens is 2. The summed E-state index contributed by atoms with van der Waals surface area (Å²) < 4.78 is 10.8. The van der Waals surface area contributed by atoms with Gasteiger partial charge in [-0.15, -0.1) is 0 Å². The van der Waals surface area contributed by atoms with E-state index >= 15 is 0 Å². The zero-order valence-corrected chi connectivity index (χ0v) is 17.9. The van der Waals surface area contributed by atoms with Crippen LogP contribution in [0.25, 0.3) is 17.2 Å². The molecule has 0 atom stereocenters. The van der Waals surface area contributed by atoms with Crippen LogP contribution in [0.4, 0.5) is 11.8 Å². The van der Waals surface area contributed by atoms with Crippen LogP contribution in [0.5, 0.6) is 11.5 Å². The third-order valence-corrected chi connectivity index (χ3v) is 4.90. The van der Waals surface area contributed by atoms with Gasteiger partial charge in [-0.2, -0.15) is 4.98 Å². The lowest BCUT2D eigenvalue weighted by molar-refractivity contribution is -0.140. The van der Waals surface area contributed by atoms with Gasteiger partial charge in [0.1, 0.15) is 22.9 Å². The lowest BCUT2D eigenvalue weighted by atomic mass is 9.93. The Kier molecular flexibility index (Phi) is 6.77. The molecule has 0 bridgehead atoms. The molecule has 10 heteroatoms. The zero-order chi connectivity index (χ0) is 24.1. The van der Waals surface area contributed by atoms with Gasteiger partial charge >= 0.3 is 11.9 Å². The number of nitrogens with zero attached hydrogens (tertiary/aromatic N) is 2. The van der Waals surface area contributed by atoms with Crippen molar-refractivity contribution in [1.29, 1.82) is 0 Å². The van der Waals surface area contributed by atoms with E-state index < -0.39 is 17.5 Å². The van der Waals surface area contributed by atoms with E-state index in [1.165, 1.54) is 13.3 Å². The van der Waals surface area contributed by atoms with Gasteiger partial charge in [0.25, 0.3) is 0 Å². The van der Waals surface area contributed by atoms with Gasteiger partial charge in [-0.3, -0.25) is 0 Å². The number of methoxy groups -OCH3 is 2. The van der Waals surface area contributed by atoms with E-state index in [0.717, 1.165) is 11.6 Å². The van der Waals surface area contributed by atoms with Crippen LogP contribution in [0.2, 0.25) is 0 Å². The van der Waals surface area contributed by atoms with E-state index in [2.05, 4.69) is 9.97 Å². The molecule has 0 saturated heterocycles. The van der Waals surface area contributed by atoms with Gasteiger partial charge in [-0.05, 0) is 47.0 Å². The van der Waals surface area contributed by atoms with E-state index in [1.54, 1.807) is 25.3 Å². The molecule has 170 valence electrons. The van der Waals surface area contributed by atoms with Crippen molar-refractivity contribution in [2.75, 3.05) is 25.7 Å². The van der Waals surface area contributed by atoms with Crippen molar-refractivity contribution < 1.29 is 29.3 Å². The normalized spacial score (nSPS) is 10.4. The lowest BCUT2D eigenvalue weighted by Crippen LogP contribution is -2.11. The molecule has 0 amide bonds. The molecular formula is C23H22N4O6. The van der Waals surface area contributed by atoms with Gasteiger partial charge in [0.15, 0.2) is 0 Å². The van der Waals surface area contributed by atoms with Gasteiger partial charge in [0.2, 0.25) is 5.95 Å². The smallest absolute Gasteiger partial charge is 0.343 e. The molecule has 0 aliphatic carbocycles. The number of carboxylic acid groups (broad SMARTS) is 2. The molecule has 0 spiro atoms. The Morgan fingerprint density at radius 1 is 1.03 bits per heavy atom. The Balaban J connectivity index is 2.25. The van der Waals surface area contributed by atoms with Crippen molar-refractivity contribution in [3.63, 3.8) is 0 Å². The molecular weight excluding hydrogens is 428 g/mol. The summed E-state index contributed by atoms with van der Waals surface area (Å²) in [6, 6.07) is 10.6. The predicted molar refractivity (Wildman–Crippen MR) is 122 cm³/mol. The van der Waals surface area contributed by atoms with Crippen molar-refractivity contribution in [3.05, 3.63) is 64.9 Å². The van der Waals surface area contributed by atoms with Crippen LogP contribution >= 0.6 is 0 Å². The second kappa shape index (κ2) is 9.69. The summed E-state index contributed by atoms with van der Waals surface area (Å²) in [7, 11) is 3.02. The Labute approximate surface area is 189 Å². The Hall–Kier alpha value is -4.60. The highest BCUT2D eigenvalue weighted by atomic mass is 16.5. The minimum atomic E-state index is -1.57. The highest BCUT2D eigenvalue weighted by molar-refractivity contribution is 6.16.